The fourth-order valence-electron chi connectivity index (χ4n) is 2.80. The van der Waals surface area contributed by atoms with Crippen LogP contribution in [0.4, 0.5) is 0 Å². The van der Waals surface area contributed by atoms with Gasteiger partial charge in [-0.2, -0.15) is 0 Å². The van der Waals surface area contributed by atoms with E-state index in [-0.39, 0.29) is 12.4 Å². The van der Waals surface area contributed by atoms with Crippen LogP contribution >= 0.6 is 0 Å². The number of nitrogens with zero attached hydrogens (tertiary/aromatic N) is 1. The molecule has 108 valence electrons. The minimum absolute atomic E-state index is 0. The Morgan fingerprint density at radius 3 is 1.50 bits per heavy atom. The van der Waals surface area contributed by atoms with E-state index in [9.17, 15) is 0 Å². The summed E-state index contributed by atoms with van der Waals surface area (Å²) in [7, 11) is 2.36. The standard InChI is InChI=1S/C18H24N.ClH/c1-3-14-19(2,15-17-10-6-4-7-11-17)16-18-12-8-5-9-13-18;/h4-13H,3,14-16H2,1-2H3;1H/q+1;/p-1. The number of quaternary nitrogens is 1. The van der Waals surface area contributed by atoms with Crippen molar-refractivity contribution in [2.75, 3.05) is 13.6 Å². The van der Waals surface area contributed by atoms with Crippen molar-refractivity contribution >= 4 is 0 Å². The maximum Gasteiger partial charge on any atom is 0.104 e. The van der Waals surface area contributed by atoms with Gasteiger partial charge in [0.15, 0.2) is 0 Å². The van der Waals surface area contributed by atoms with Crippen LogP contribution in [0.1, 0.15) is 24.5 Å². The molecular weight excluding hydrogens is 266 g/mol. The molecule has 2 heteroatoms. The van der Waals surface area contributed by atoms with Gasteiger partial charge in [0.1, 0.15) is 13.1 Å². The van der Waals surface area contributed by atoms with Crippen LogP contribution in [-0.4, -0.2) is 18.1 Å². The molecule has 0 amide bonds. The number of hydrogen-bond donors (Lipinski definition) is 0. The molecule has 0 aliphatic heterocycles. The molecule has 0 N–H and O–H groups in total. The zero-order valence-electron chi connectivity index (χ0n) is 12.4. The molecule has 1 nitrogen and oxygen atoms in total. The highest BCUT2D eigenvalue weighted by atomic mass is 35.5. The lowest BCUT2D eigenvalue weighted by molar-refractivity contribution is -0.935. The van der Waals surface area contributed by atoms with Gasteiger partial charge in [0.2, 0.25) is 0 Å². The molecule has 0 aliphatic rings. The van der Waals surface area contributed by atoms with E-state index in [0.29, 0.717) is 0 Å². The van der Waals surface area contributed by atoms with Crippen molar-refractivity contribution in [3.05, 3.63) is 71.8 Å². The van der Waals surface area contributed by atoms with Crippen molar-refractivity contribution < 1.29 is 16.9 Å². The Kier molecular flexibility index (Phi) is 6.77. The van der Waals surface area contributed by atoms with E-state index in [1.54, 1.807) is 0 Å². The third kappa shape index (κ3) is 4.99. The first-order valence-corrected chi connectivity index (χ1v) is 7.13. The van der Waals surface area contributed by atoms with Crippen LogP contribution in [0.15, 0.2) is 60.7 Å². The van der Waals surface area contributed by atoms with E-state index in [2.05, 4.69) is 74.6 Å². The lowest BCUT2D eigenvalue weighted by Gasteiger charge is -2.34. The highest BCUT2D eigenvalue weighted by Crippen LogP contribution is 2.17. The van der Waals surface area contributed by atoms with Gasteiger partial charge in [0.05, 0.1) is 13.6 Å². The van der Waals surface area contributed by atoms with Crippen molar-refractivity contribution in [3.8, 4) is 0 Å². The molecule has 20 heavy (non-hydrogen) atoms. The molecule has 0 saturated heterocycles. The minimum Gasteiger partial charge on any atom is -1.00 e. The number of benzene rings is 2. The second-order valence-corrected chi connectivity index (χ2v) is 5.63. The number of hydrogen-bond acceptors (Lipinski definition) is 0. The van der Waals surface area contributed by atoms with Gasteiger partial charge in [0, 0.05) is 11.1 Å². The quantitative estimate of drug-likeness (QED) is 0.702. The van der Waals surface area contributed by atoms with Crippen molar-refractivity contribution in [2.45, 2.75) is 26.4 Å². The minimum atomic E-state index is 0. The van der Waals surface area contributed by atoms with Crippen LogP contribution in [0.25, 0.3) is 0 Å². The number of halogens is 1. The highest BCUT2D eigenvalue weighted by Gasteiger charge is 2.21. The predicted molar refractivity (Wildman–Crippen MR) is 81.6 cm³/mol. The third-order valence-electron chi connectivity index (χ3n) is 3.58. The summed E-state index contributed by atoms with van der Waals surface area (Å²) in [6.07, 6.45) is 1.22. The summed E-state index contributed by atoms with van der Waals surface area (Å²) >= 11 is 0. The van der Waals surface area contributed by atoms with Gasteiger partial charge >= 0.3 is 0 Å². The molecule has 2 rings (SSSR count). The number of rotatable bonds is 6. The first-order valence-electron chi connectivity index (χ1n) is 7.13. The van der Waals surface area contributed by atoms with Crippen LogP contribution in [-0.2, 0) is 13.1 Å². The average molecular weight is 290 g/mol. The first-order chi connectivity index (χ1) is 9.22. The molecule has 0 atom stereocenters. The van der Waals surface area contributed by atoms with E-state index >= 15 is 0 Å². The molecule has 2 aromatic rings. The van der Waals surface area contributed by atoms with E-state index in [0.717, 1.165) is 17.6 Å². The Labute approximate surface area is 129 Å². The first kappa shape index (κ1) is 16.7. The monoisotopic (exact) mass is 289 g/mol. The van der Waals surface area contributed by atoms with Crippen molar-refractivity contribution in [2.24, 2.45) is 0 Å². The van der Waals surface area contributed by atoms with Gasteiger partial charge in [-0.3, -0.25) is 0 Å². The maximum absolute atomic E-state index is 2.36. The van der Waals surface area contributed by atoms with E-state index in [4.69, 9.17) is 0 Å². The normalized spacial score (nSPS) is 10.9. The molecule has 0 fully saturated rings. The lowest BCUT2D eigenvalue weighted by atomic mass is 10.1. The SMILES string of the molecule is CCC[N+](C)(Cc1ccccc1)Cc1ccccc1.[Cl-]. The Morgan fingerprint density at radius 2 is 1.15 bits per heavy atom. The smallest absolute Gasteiger partial charge is 0.104 e. The molecular formula is C18H24ClN. The Balaban J connectivity index is 0.00000200. The second kappa shape index (κ2) is 8.08. The molecule has 0 spiro atoms. The zero-order chi connectivity index (χ0) is 13.6. The van der Waals surface area contributed by atoms with Crippen LogP contribution < -0.4 is 12.4 Å². The van der Waals surface area contributed by atoms with Gasteiger partial charge in [-0.15, -0.1) is 0 Å². The molecule has 0 radical (unpaired) electrons. The summed E-state index contributed by atoms with van der Waals surface area (Å²) in [5, 5.41) is 0. The largest absolute Gasteiger partial charge is 1.00 e. The molecule has 0 heterocycles. The van der Waals surface area contributed by atoms with Gasteiger partial charge < -0.3 is 16.9 Å². The summed E-state index contributed by atoms with van der Waals surface area (Å²) in [5.41, 5.74) is 2.85. The van der Waals surface area contributed by atoms with Gasteiger partial charge in [-0.05, 0) is 6.42 Å². The Morgan fingerprint density at radius 1 is 0.750 bits per heavy atom. The zero-order valence-corrected chi connectivity index (χ0v) is 13.2. The van der Waals surface area contributed by atoms with Crippen LogP contribution in [0.5, 0.6) is 0 Å². The summed E-state index contributed by atoms with van der Waals surface area (Å²) in [6, 6.07) is 21.6. The lowest BCUT2D eigenvalue weighted by Crippen LogP contribution is -3.00. The molecule has 2 aromatic carbocycles. The second-order valence-electron chi connectivity index (χ2n) is 5.63. The van der Waals surface area contributed by atoms with Gasteiger partial charge in [-0.25, -0.2) is 0 Å². The average Bonchev–Trinajstić information content (AvgIpc) is 2.41. The fourth-order valence-corrected chi connectivity index (χ4v) is 2.80. The van der Waals surface area contributed by atoms with Crippen LogP contribution in [0.3, 0.4) is 0 Å². The van der Waals surface area contributed by atoms with Crippen molar-refractivity contribution in [3.63, 3.8) is 0 Å². The highest BCUT2D eigenvalue weighted by molar-refractivity contribution is 5.15. The third-order valence-corrected chi connectivity index (χ3v) is 3.58. The van der Waals surface area contributed by atoms with Crippen LogP contribution in [0.2, 0.25) is 0 Å². The molecule has 0 aliphatic carbocycles. The molecule has 0 bridgehead atoms. The van der Waals surface area contributed by atoms with E-state index < -0.39 is 0 Å². The topological polar surface area (TPSA) is 0 Å². The van der Waals surface area contributed by atoms with Gasteiger partial charge in [0.25, 0.3) is 0 Å². The van der Waals surface area contributed by atoms with Crippen LogP contribution in [0, 0.1) is 0 Å². The molecule has 0 aromatic heterocycles. The summed E-state index contributed by atoms with van der Waals surface area (Å²) < 4.78 is 1.07. The predicted octanol–water partition coefficient (Wildman–Crippen LogP) is 1.25. The van der Waals surface area contributed by atoms with Crippen molar-refractivity contribution in [1.29, 1.82) is 0 Å². The maximum atomic E-state index is 2.36. The van der Waals surface area contributed by atoms with Gasteiger partial charge in [-0.1, -0.05) is 67.6 Å². The Bertz CT molecular complexity index is 440. The van der Waals surface area contributed by atoms with E-state index in [1.807, 2.05) is 0 Å². The molecule has 0 saturated carbocycles. The summed E-state index contributed by atoms with van der Waals surface area (Å²) in [6.45, 7) is 5.68. The summed E-state index contributed by atoms with van der Waals surface area (Å²) in [5.74, 6) is 0. The van der Waals surface area contributed by atoms with E-state index in [1.165, 1.54) is 24.1 Å². The Hall–Kier alpha value is -1.31. The molecule has 0 unspecified atom stereocenters. The fraction of sp³-hybridized carbons (Fsp3) is 0.333. The summed E-state index contributed by atoms with van der Waals surface area (Å²) in [4.78, 5) is 0. The van der Waals surface area contributed by atoms with Crippen molar-refractivity contribution in [1.82, 2.24) is 0 Å².